The van der Waals surface area contributed by atoms with Gasteiger partial charge in [0, 0.05) is 12.3 Å². The molecule has 4 rings (SSSR count). The van der Waals surface area contributed by atoms with Crippen LogP contribution in [0.25, 0.3) is 21.7 Å². The summed E-state index contributed by atoms with van der Waals surface area (Å²) in [5.74, 6) is 0.672. The van der Waals surface area contributed by atoms with Gasteiger partial charge in [0.2, 0.25) is 15.0 Å². The average molecular weight is 359 g/mol. The van der Waals surface area contributed by atoms with Gasteiger partial charge in [-0.2, -0.15) is 0 Å². The lowest BCUT2D eigenvalue weighted by Crippen LogP contribution is -2.10. The Balaban J connectivity index is 1.79. The summed E-state index contributed by atoms with van der Waals surface area (Å²) in [5.41, 5.74) is 2.03. The maximum atomic E-state index is 12.1. The van der Waals surface area contributed by atoms with Crippen LogP contribution in [0.15, 0.2) is 57.5 Å². The van der Waals surface area contributed by atoms with Crippen LogP contribution in [0.4, 0.5) is 0 Å². The highest BCUT2D eigenvalue weighted by Gasteiger charge is 2.20. The zero-order chi connectivity index (χ0) is 16.7. The molecule has 0 atom stereocenters. The summed E-state index contributed by atoms with van der Waals surface area (Å²) >= 11 is 1.56. The van der Waals surface area contributed by atoms with Crippen LogP contribution in [-0.4, -0.2) is 29.4 Å². The second-order valence-electron chi connectivity index (χ2n) is 5.40. The molecule has 0 radical (unpaired) electrons. The topological polar surface area (TPSA) is 78.0 Å². The normalized spacial score (nSPS) is 12.0. The van der Waals surface area contributed by atoms with Gasteiger partial charge in [0.1, 0.15) is 5.69 Å². The van der Waals surface area contributed by atoms with E-state index in [0.29, 0.717) is 17.0 Å². The van der Waals surface area contributed by atoms with Crippen molar-refractivity contribution >= 4 is 32.2 Å². The van der Waals surface area contributed by atoms with Gasteiger partial charge in [0.05, 0.1) is 22.5 Å². The average Bonchev–Trinajstić information content (AvgIpc) is 3.26. The van der Waals surface area contributed by atoms with E-state index in [1.54, 1.807) is 22.0 Å². The number of para-hydroxylation sites is 2. The zero-order valence-corrected chi connectivity index (χ0v) is 14.3. The lowest BCUT2D eigenvalue weighted by atomic mass is 10.3. The lowest BCUT2D eigenvalue weighted by Gasteiger charge is -2.05. The summed E-state index contributed by atoms with van der Waals surface area (Å²) < 4.78 is 31.2. The third-order valence-corrected chi connectivity index (χ3v) is 5.45. The van der Waals surface area contributed by atoms with Crippen molar-refractivity contribution in [3.8, 4) is 10.6 Å². The highest BCUT2D eigenvalue weighted by Crippen LogP contribution is 2.26. The molecule has 0 spiro atoms. The molecule has 8 heteroatoms. The fraction of sp³-hybridized carbons (Fsp3) is 0.125. The first-order valence-corrected chi connectivity index (χ1v) is 9.94. The van der Waals surface area contributed by atoms with Crippen molar-refractivity contribution in [1.29, 1.82) is 0 Å². The molecule has 122 valence electrons. The van der Waals surface area contributed by atoms with E-state index in [-0.39, 0.29) is 11.7 Å². The van der Waals surface area contributed by atoms with Crippen LogP contribution in [0.5, 0.6) is 0 Å². The minimum absolute atomic E-state index is 0.0318. The fourth-order valence-corrected chi connectivity index (χ4v) is 4.07. The zero-order valence-electron chi connectivity index (χ0n) is 12.7. The van der Waals surface area contributed by atoms with E-state index < -0.39 is 9.84 Å². The van der Waals surface area contributed by atoms with Gasteiger partial charge in [0.15, 0.2) is 5.76 Å². The molecule has 0 N–H and O–H groups in total. The summed E-state index contributed by atoms with van der Waals surface area (Å²) in [6.45, 7) is 0.276. The molecule has 0 aliphatic carbocycles. The fourth-order valence-electron chi connectivity index (χ4n) is 2.57. The maximum Gasteiger partial charge on any atom is 0.228 e. The summed E-state index contributed by atoms with van der Waals surface area (Å²) in [6, 6.07) is 13.0. The van der Waals surface area contributed by atoms with Crippen molar-refractivity contribution in [3.05, 3.63) is 53.5 Å². The Labute approximate surface area is 142 Å². The molecule has 0 bridgehead atoms. The molecule has 24 heavy (non-hydrogen) atoms. The number of nitrogens with zero attached hydrogens (tertiary/aromatic N) is 3. The largest absolute Gasteiger partial charge is 0.355 e. The number of thiophene rings is 1. The lowest BCUT2D eigenvalue weighted by molar-refractivity contribution is 0.421. The van der Waals surface area contributed by atoms with Crippen molar-refractivity contribution in [2.45, 2.75) is 11.7 Å². The van der Waals surface area contributed by atoms with Gasteiger partial charge in [0.25, 0.3) is 0 Å². The number of fused-ring (bicyclic) bond motifs is 1. The Morgan fingerprint density at radius 2 is 2.04 bits per heavy atom. The van der Waals surface area contributed by atoms with Gasteiger partial charge in [-0.05, 0) is 23.6 Å². The molecule has 0 amide bonds. The quantitative estimate of drug-likeness (QED) is 0.559. The Hall–Kier alpha value is -2.45. The Kier molecular flexibility index (Phi) is 3.50. The molecule has 0 fully saturated rings. The van der Waals surface area contributed by atoms with E-state index in [4.69, 9.17) is 4.52 Å². The number of hydrogen-bond acceptors (Lipinski definition) is 6. The van der Waals surface area contributed by atoms with Gasteiger partial charge in [-0.25, -0.2) is 13.4 Å². The van der Waals surface area contributed by atoms with E-state index in [1.807, 2.05) is 41.8 Å². The second kappa shape index (κ2) is 5.57. The molecule has 3 heterocycles. The van der Waals surface area contributed by atoms with Crippen LogP contribution in [0.1, 0.15) is 5.69 Å². The van der Waals surface area contributed by atoms with Gasteiger partial charge < -0.3 is 9.09 Å². The van der Waals surface area contributed by atoms with E-state index >= 15 is 0 Å². The van der Waals surface area contributed by atoms with Crippen molar-refractivity contribution in [2.24, 2.45) is 0 Å². The van der Waals surface area contributed by atoms with Crippen LogP contribution in [0.3, 0.4) is 0 Å². The first kappa shape index (κ1) is 15.1. The number of aromatic nitrogens is 3. The van der Waals surface area contributed by atoms with Gasteiger partial charge in [-0.15, -0.1) is 11.3 Å². The summed E-state index contributed by atoms with van der Waals surface area (Å²) in [4.78, 5) is 5.23. The number of imidazole rings is 1. The third kappa shape index (κ3) is 2.63. The smallest absolute Gasteiger partial charge is 0.228 e. The highest BCUT2D eigenvalue weighted by atomic mass is 32.2. The minimum Gasteiger partial charge on any atom is -0.355 e. The van der Waals surface area contributed by atoms with Gasteiger partial charge >= 0.3 is 0 Å². The van der Waals surface area contributed by atoms with Crippen LogP contribution in [0.2, 0.25) is 0 Å². The van der Waals surface area contributed by atoms with Crippen LogP contribution in [-0.2, 0) is 16.4 Å². The predicted molar refractivity (Wildman–Crippen MR) is 91.8 cm³/mol. The van der Waals surface area contributed by atoms with Crippen LogP contribution in [0, 0.1) is 0 Å². The van der Waals surface area contributed by atoms with Crippen molar-refractivity contribution in [3.63, 3.8) is 0 Å². The van der Waals surface area contributed by atoms with Gasteiger partial charge in [-0.3, -0.25) is 0 Å². The first-order valence-electron chi connectivity index (χ1n) is 7.17. The molecular formula is C16H13N3O3S2. The number of benzene rings is 1. The Bertz CT molecular complexity index is 1110. The standard InChI is InChI=1S/C16H13N3O3S2/c1-24(20,21)16-17-12-5-2-3-6-13(12)19(16)10-11-9-14(22-18-11)15-7-4-8-23-15/h2-9H,10H2,1H3. The monoisotopic (exact) mass is 359 g/mol. The van der Waals surface area contributed by atoms with Crippen LogP contribution < -0.4 is 0 Å². The first-order chi connectivity index (χ1) is 11.5. The minimum atomic E-state index is -3.46. The van der Waals surface area contributed by atoms with Gasteiger partial charge in [-0.1, -0.05) is 23.4 Å². The summed E-state index contributed by atoms with van der Waals surface area (Å²) in [6.07, 6.45) is 1.16. The molecule has 0 aliphatic heterocycles. The number of hydrogen-bond donors (Lipinski definition) is 0. The molecule has 6 nitrogen and oxygen atoms in total. The summed E-state index contributed by atoms with van der Waals surface area (Å²) in [7, 11) is -3.46. The maximum absolute atomic E-state index is 12.1. The molecule has 0 saturated heterocycles. The van der Waals surface area contributed by atoms with E-state index in [0.717, 1.165) is 16.6 Å². The summed E-state index contributed by atoms with van der Waals surface area (Å²) in [5, 5.41) is 6.06. The third-order valence-electron chi connectivity index (χ3n) is 3.59. The van der Waals surface area contributed by atoms with Crippen molar-refractivity contribution in [1.82, 2.24) is 14.7 Å². The SMILES string of the molecule is CS(=O)(=O)c1nc2ccccc2n1Cc1cc(-c2cccs2)on1. The molecule has 0 saturated carbocycles. The number of rotatable bonds is 4. The molecule has 1 aromatic carbocycles. The Morgan fingerprint density at radius 1 is 1.21 bits per heavy atom. The Morgan fingerprint density at radius 3 is 2.79 bits per heavy atom. The van der Waals surface area contributed by atoms with Crippen LogP contribution >= 0.6 is 11.3 Å². The molecular weight excluding hydrogens is 346 g/mol. The second-order valence-corrected chi connectivity index (χ2v) is 8.26. The highest BCUT2D eigenvalue weighted by molar-refractivity contribution is 7.90. The molecule has 3 aromatic heterocycles. The van der Waals surface area contributed by atoms with Crippen molar-refractivity contribution < 1.29 is 12.9 Å². The molecule has 0 unspecified atom stereocenters. The van der Waals surface area contributed by atoms with Crippen molar-refractivity contribution in [2.75, 3.05) is 6.26 Å². The molecule has 0 aliphatic rings. The van der Waals surface area contributed by atoms with E-state index in [9.17, 15) is 8.42 Å². The number of sulfone groups is 1. The molecule has 4 aromatic rings. The van der Waals surface area contributed by atoms with E-state index in [2.05, 4.69) is 10.1 Å². The predicted octanol–water partition coefficient (Wildman–Crippen LogP) is 3.20. The van der Waals surface area contributed by atoms with E-state index in [1.165, 1.54) is 0 Å².